The fourth-order valence-corrected chi connectivity index (χ4v) is 2.83. The molecule has 1 unspecified atom stereocenters. The van der Waals surface area contributed by atoms with E-state index in [2.05, 4.69) is 10.00 Å². The number of ether oxygens (including phenoxy) is 1. The number of hydrogen-bond acceptors (Lipinski definition) is 4. The summed E-state index contributed by atoms with van der Waals surface area (Å²) in [5, 5.41) is 4.43. The van der Waals surface area contributed by atoms with Crippen LogP contribution in [0.25, 0.3) is 0 Å². The van der Waals surface area contributed by atoms with Crippen molar-refractivity contribution in [2.24, 2.45) is 18.7 Å². The predicted octanol–water partition coefficient (Wildman–Crippen LogP) is 0.908. The summed E-state index contributed by atoms with van der Waals surface area (Å²) in [4.78, 5) is 2.47. The lowest BCUT2D eigenvalue weighted by Gasteiger charge is -2.32. The Hall–Kier alpha value is -1.07. The maximum absolute atomic E-state index is 5.78. The molecule has 0 saturated carbocycles. The van der Waals surface area contributed by atoms with Gasteiger partial charge in [-0.3, -0.25) is 4.90 Å². The van der Waals surface area contributed by atoms with E-state index in [1.54, 1.807) is 7.11 Å². The summed E-state index contributed by atoms with van der Waals surface area (Å²) in [6.07, 6.45) is 2.50. The fraction of sp³-hybridized carbons (Fsp3) is 0.769. The van der Waals surface area contributed by atoms with E-state index in [0.717, 1.165) is 37.8 Å². The first-order chi connectivity index (χ1) is 8.65. The number of aryl methyl sites for hydroxylation is 2. The Morgan fingerprint density at radius 2 is 2.28 bits per heavy atom. The maximum atomic E-state index is 5.78. The maximum Gasteiger partial charge on any atom is 0.216 e. The van der Waals surface area contributed by atoms with Crippen molar-refractivity contribution >= 4 is 0 Å². The minimum absolute atomic E-state index is 0.640. The van der Waals surface area contributed by atoms with Crippen LogP contribution >= 0.6 is 0 Å². The highest BCUT2D eigenvalue weighted by Gasteiger charge is 2.22. The van der Waals surface area contributed by atoms with Crippen molar-refractivity contribution in [1.82, 2.24) is 14.7 Å². The zero-order chi connectivity index (χ0) is 13.1. The lowest BCUT2D eigenvalue weighted by Crippen LogP contribution is -2.38. The molecule has 1 aromatic rings. The molecule has 1 atom stereocenters. The molecular weight excluding hydrogens is 228 g/mol. The van der Waals surface area contributed by atoms with Crippen LogP contribution in [0.15, 0.2) is 0 Å². The third-order valence-electron chi connectivity index (χ3n) is 3.80. The Balaban J connectivity index is 2.09. The summed E-state index contributed by atoms with van der Waals surface area (Å²) in [5.41, 5.74) is 8.05. The molecule has 1 aliphatic heterocycles. The standard InChI is InChI=1S/C13H24N4O/c1-10-12(13(18-3)16(2)15-10)9-17-6-4-5-11(7-14)8-17/h11H,4-9,14H2,1-3H3. The molecule has 1 fully saturated rings. The molecule has 0 aliphatic carbocycles. The summed E-state index contributed by atoms with van der Waals surface area (Å²) in [6, 6.07) is 0. The van der Waals surface area contributed by atoms with Gasteiger partial charge in [0.1, 0.15) is 0 Å². The molecule has 18 heavy (non-hydrogen) atoms. The van der Waals surface area contributed by atoms with Gasteiger partial charge in [-0.1, -0.05) is 0 Å². The average molecular weight is 252 g/mol. The fourth-order valence-electron chi connectivity index (χ4n) is 2.83. The molecule has 1 saturated heterocycles. The second kappa shape index (κ2) is 5.71. The molecule has 102 valence electrons. The quantitative estimate of drug-likeness (QED) is 0.865. The molecule has 5 nitrogen and oxygen atoms in total. The summed E-state index contributed by atoms with van der Waals surface area (Å²) in [7, 11) is 3.63. The van der Waals surface area contributed by atoms with E-state index < -0.39 is 0 Å². The summed E-state index contributed by atoms with van der Waals surface area (Å²) in [6.45, 7) is 5.99. The number of hydrogen-bond donors (Lipinski definition) is 1. The Morgan fingerprint density at radius 3 is 2.94 bits per heavy atom. The van der Waals surface area contributed by atoms with Gasteiger partial charge in [-0.05, 0) is 38.8 Å². The van der Waals surface area contributed by atoms with Crippen LogP contribution in [0.3, 0.4) is 0 Å². The zero-order valence-electron chi connectivity index (χ0n) is 11.6. The summed E-state index contributed by atoms with van der Waals surface area (Å²) >= 11 is 0. The monoisotopic (exact) mass is 252 g/mol. The Bertz CT molecular complexity index is 402. The van der Waals surface area contributed by atoms with E-state index in [0.29, 0.717) is 5.92 Å². The number of nitrogens with zero attached hydrogens (tertiary/aromatic N) is 3. The average Bonchev–Trinajstić information content (AvgIpc) is 2.64. The molecule has 1 aromatic heterocycles. The van der Waals surface area contributed by atoms with E-state index in [-0.39, 0.29) is 0 Å². The van der Waals surface area contributed by atoms with Crippen molar-refractivity contribution in [3.63, 3.8) is 0 Å². The first kappa shape index (κ1) is 13.4. The Kier molecular flexibility index (Phi) is 4.24. The molecule has 2 heterocycles. The first-order valence-corrected chi connectivity index (χ1v) is 6.64. The normalized spacial score (nSPS) is 21.2. The molecule has 0 radical (unpaired) electrons. The van der Waals surface area contributed by atoms with Crippen LogP contribution in [0, 0.1) is 12.8 Å². The van der Waals surface area contributed by atoms with Gasteiger partial charge < -0.3 is 10.5 Å². The van der Waals surface area contributed by atoms with E-state index >= 15 is 0 Å². The third-order valence-corrected chi connectivity index (χ3v) is 3.80. The van der Waals surface area contributed by atoms with Gasteiger partial charge in [-0.2, -0.15) is 5.10 Å². The topological polar surface area (TPSA) is 56.3 Å². The summed E-state index contributed by atoms with van der Waals surface area (Å²) < 4.78 is 7.26. The second-order valence-corrected chi connectivity index (χ2v) is 5.18. The van der Waals surface area contributed by atoms with Gasteiger partial charge in [0, 0.05) is 20.1 Å². The molecule has 2 N–H and O–H groups in total. The van der Waals surface area contributed by atoms with Crippen LogP contribution in [0.5, 0.6) is 5.88 Å². The van der Waals surface area contributed by atoms with E-state index in [9.17, 15) is 0 Å². The molecule has 5 heteroatoms. The van der Waals surface area contributed by atoms with Crippen molar-refractivity contribution in [2.75, 3.05) is 26.7 Å². The van der Waals surface area contributed by atoms with Crippen molar-refractivity contribution in [1.29, 1.82) is 0 Å². The number of nitrogens with two attached hydrogens (primary N) is 1. The third kappa shape index (κ3) is 2.67. The Morgan fingerprint density at radius 1 is 1.50 bits per heavy atom. The second-order valence-electron chi connectivity index (χ2n) is 5.18. The number of aromatic nitrogens is 2. The number of likely N-dealkylation sites (tertiary alicyclic amines) is 1. The SMILES string of the molecule is COc1c(CN2CCCC(CN)C2)c(C)nn1C. The van der Waals surface area contributed by atoms with Gasteiger partial charge in [-0.25, -0.2) is 4.68 Å². The molecular formula is C13H24N4O. The molecule has 0 aromatic carbocycles. The first-order valence-electron chi connectivity index (χ1n) is 6.64. The molecule has 0 amide bonds. The van der Waals surface area contributed by atoms with Crippen LogP contribution in [0.2, 0.25) is 0 Å². The van der Waals surface area contributed by atoms with E-state index in [1.807, 2.05) is 18.7 Å². The van der Waals surface area contributed by atoms with Crippen molar-refractivity contribution in [3.05, 3.63) is 11.3 Å². The van der Waals surface area contributed by atoms with Gasteiger partial charge in [0.2, 0.25) is 5.88 Å². The minimum atomic E-state index is 0.640. The minimum Gasteiger partial charge on any atom is -0.481 e. The van der Waals surface area contributed by atoms with Crippen LogP contribution < -0.4 is 10.5 Å². The number of rotatable bonds is 4. The highest BCUT2D eigenvalue weighted by Crippen LogP contribution is 2.25. The number of piperidine rings is 1. The van der Waals surface area contributed by atoms with Crippen molar-refractivity contribution in [2.45, 2.75) is 26.3 Å². The van der Waals surface area contributed by atoms with Gasteiger partial charge in [0.05, 0.1) is 18.4 Å². The van der Waals surface area contributed by atoms with Gasteiger partial charge in [0.25, 0.3) is 0 Å². The highest BCUT2D eigenvalue weighted by atomic mass is 16.5. The van der Waals surface area contributed by atoms with E-state index in [1.165, 1.54) is 18.4 Å². The van der Waals surface area contributed by atoms with Crippen molar-refractivity contribution < 1.29 is 4.74 Å². The van der Waals surface area contributed by atoms with Crippen LogP contribution in [-0.2, 0) is 13.6 Å². The summed E-state index contributed by atoms with van der Waals surface area (Å²) in [5.74, 6) is 1.52. The Labute approximate surface area is 109 Å². The molecule has 0 spiro atoms. The largest absolute Gasteiger partial charge is 0.481 e. The molecule has 2 rings (SSSR count). The van der Waals surface area contributed by atoms with E-state index in [4.69, 9.17) is 10.5 Å². The van der Waals surface area contributed by atoms with Crippen LogP contribution in [-0.4, -0.2) is 41.4 Å². The lowest BCUT2D eigenvalue weighted by molar-refractivity contribution is 0.169. The highest BCUT2D eigenvalue weighted by molar-refractivity contribution is 5.30. The van der Waals surface area contributed by atoms with Gasteiger partial charge >= 0.3 is 0 Å². The molecule has 1 aliphatic rings. The smallest absolute Gasteiger partial charge is 0.216 e. The number of methoxy groups -OCH3 is 1. The lowest BCUT2D eigenvalue weighted by atomic mass is 9.98. The van der Waals surface area contributed by atoms with Gasteiger partial charge in [0.15, 0.2) is 0 Å². The zero-order valence-corrected chi connectivity index (χ0v) is 11.6. The van der Waals surface area contributed by atoms with Crippen LogP contribution in [0.1, 0.15) is 24.1 Å². The van der Waals surface area contributed by atoms with Crippen molar-refractivity contribution in [3.8, 4) is 5.88 Å². The predicted molar refractivity (Wildman–Crippen MR) is 71.6 cm³/mol. The van der Waals surface area contributed by atoms with Gasteiger partial charge in [-0.15, -0.1) is 0 Å². The molecule has 0 bridgehead atoms. The van der Waals surface area contributed by atoms with Crippen LogP contribution in [0.4, 0.5) is 0 Å².